The predicted molar refractivity (Wildman–Crippen MR) is 124 cm³/mol. The molecule has 1 aromatic carbocycles. The van der Waals surface area contributed by atoms with Gasteiger partial charge in [-0.05, 0) is 30.5 Å². The van der Waals surface area contributed by atoms with E-state index in [2.05, 4.69) is 39.4 Å². The molecule has 1 fully saturated rings. The lowest BCUT2D eigenvalue weighted by molar-refractivity contribution is 0.275. The predicted octanol–water partition coefficient (Wildman–Crippen LogP) is 3.73. The van der Waals surface area contributed by atoms with Gasteiger partial charge in [0.25, 0.3) is 0 Å². The molecule has 5 rings (SSSR count). The molecule has 0 saturated carbocycles. The Morgan fingerprint density at radius 1 is 1.09 bits per heavy atom. The van der Waals surface area contributed by atoms with E-state index in [1.54, 1.807) is 18.0 Å². The molecule has 4 aromatic rings. The summed E-state index contributed by atoms with van der Waals surface area (Å²) in [6.45, 7) is 8.46. The van der Waals surface area contributed by atoms with Crippen molar-refractivity contribution in [1.29, 1.82) is 0 Å². The summed E-state index contributed by atoms with van der Waals surface area (Å²) in [6, 6.07) is 7.90. The molecule has 0 radical (unpaired) electrons. The number of hydrogen-bond donors (Lipinski definition) is 1. The number of pyridine rings is 1. The molecule has 164 valence electrons. The molecule has 1 saturated heterocycles. The van der Waals surface area contributed by atoms with E-state index in [1.165, 1.54) is 0 Å². The van der Waals surface area contributed by atoms with Crippen LogP contribution in [-0.4, -0.2) is 50.1 Å². The van der Waals surface area contributed by atoms with Crippen LogP contribution in [-0.2, 0) is 7.05 Å². The van der Waals surface area contributed by atoms with Crippen LogP contribution in [0.15, 0.2) is 36.7 Å². The summed E-state index contributed by atoms with van der Waals surface area (Å²) in [5.41, 5.74) is 4.74. The van der Waals surface area contributed by atoms with Crippen molar-refractivity contribution in [3.63, 3.8) is 0 Å². The SMILES string of the molecule is COc1cc(-c2cnnn2C)ccc1Nc1ncc2cc(C)nc(N3CC(C)(C)C3)c2n1. The van der Waals surface area contributed by atoms with Gasteiger partial charge in [-0.2, -0.15) is 0 Å². The molecule has 32 heavy (non-hydrogen) atoms. The van der Waals surface area contributed by atoms with Crippen LogP contribution in [0, 0.1) is 12.3 Å². The fraction of sp³-hybridized carbons (Fsp3) is 0.348. The van der Waals surface area contributed by atoms with Gasteiger partial charge < -0.3 is 15.0 Å². The van der Waals surface area contributed by atoms with Crippen molar-refractivity contribution in [2.45, 2.75) is 20.8 Å². The Balaban J connectivity index is 1.49. The van der Waals surface area contributed by atoms with E-state index in [1.807, 2.05) is 44.4 Å². The van der Waals surface area contributed by atoms with Crippen LogP contribution in [0.3, 0.4) is 0 Å². The Hall–Kier alpha value is -3.75. The summed E-state index contributed by atoms with van der Waals surface area (Å²) in [4.78, 5) is 16.4. The zero-order chi connectivity index (χ0) is 22.5. The van der Waals surface area contributed by atoms with Crippen LogP contribution < -0.4 is 15.0 Å². The quantitative estimate of drug-likeness (QED) is 0.512. The molecule has 4 heterocycles. The average Bonchev–Trinajstić information content (AvgIpc) is 3.17. The zero-order valence-corrected chi connectivity index (χ0v) is 18.9. The monoisotopic (exact) mass is 430 g/mol. The molecule has 1 aliphatic rings. The lowest BCUT2D eigenvalue weighted by atomic mass is 9.84. The first-order valence-corrected chi connectivity index (χ1v) is 10.5. The number of fused-ring (bicyclic) bond motifs is 1. The van der Waals surface area contributed by atoms with E-state index >= 15 is 0 Å². The number of hydrogen-bond acceptors (Lipinski definition) is 8. The van der Waals surface area contributed by atoms with Crippen LogP contribution in [0.1, 0.15) is 19.5 Å². The van der Waals surface area contributed by atoms with Crippen molar-refractivity contribution in [2.24, 2.45) is 12.5 Å². The number of methoxy groups -OCH3 is 1. The fourth-order valence-corrected chi connectivity index (χ4v) is 4.20. The number of nitrogens with one attached hydrogen (secondary N) is 1. The van der Waals surface area contributed by atoms with Crippen molar-refractivity contribution in [2.75, 3.05) is 30.4 Å². The Labute approximate surface area is 186 Å². The number of rotatable bonds is 5. The van der Waals surface area contributed by atoms with E-state index < -0.39 is 0 Å². The standard InChI is InChI=1S/C23H26N8O/c1-14-8-16-10-24-22(28-20(16)21(26-14)31-12-23(2,3)13-31)27-17-7-6-15(9-19(17)32-5)18-11-25-29-30(18)4/h6-11H,12-13H2,1-5H3,(H,24,27,28). The summed E-state index contributed by atoms with van der Waals surface area (Å²) >= 11 is 0. The maximum atomic E-state index is 5.62. The second-order valence-electron chi connectivity index (χ2n) is 9.02. The second kappa shape index (κ2) is 7.44. The number of anilines is 3. The minimum Gasteiger partial charge on any atom is -0.495 e. The van der Waals surface area contributed by atoms with Crippen molar-refractivity contribution < 1.29 is 4.74 Å². The van der Waals surface area contributed by atoms with Crippen molar-refractivity contribution in [3.8, 4) is 17.0 Å². The highest BCUT2D eigenvalue weighted by molar-refractivity contribution is 5.90. The Bertz CT molecular complexity index is 1300. The first kappa shape index (κ1) is 20.2. The number of benzene rings is 1. The molecule has 3 aromatic heterocycles. The van der Waals surface area contributed by atoms with Crippen LogP contribution in [0.4, 0.5) is 17.5 Å². The molecule has 0 spiro atoms. The highest BCUT2D eigenvalue weighted by Crippen LogP contribution is 2.36. The normalized spacial score (nSPS) is 15.0. The van der Waals surface area contributed by atoms with E-state index in [4.69, 9.17) is 14.7 Å². The third-order valence-electron chi connectivity index (χ3n) is 5.67. The fourth-order valence-electron chi connectivity index (χ4n) is 4.20. The van der Waals surface area contributed by atoms with Gasteiger partial charge in [-0.3, -0.25) is 0 Å². The van der Waals surface area contributed by atoms with Crippen molar-refractivity contribution in [1.82, 2.24) is 29.9 Å². The number of aromatic nitrogens is 6. The molecule has 9 nitrogen and oxygen atoms in total. The average molecular weight is 431 g/mol. The van der Waals surface area contributed by atoms with Gasteiger partial charge in [-0.1, -0.05) is 25.1 Å². The van der Waals surface area contributed by atoms with Gasteiger partial charge in [0.15, 0.2) is 5.82 Å². The third-order valence-corrected chi connectivity index (χ3v) is 5.67. The molecule has 0 amide bonds. The highest BCUT2D eigenvalue weighted by Gasteiger charge is 2.36. The maximum Gasteiger partial charge on any atom is 0.227 e. The minimum atomic E-state index is 0.296. The Kier molecular flexibility index (Phi) is 4.69. The van der Waals surface area contributed by atoms with Crippen molar-refractivity contribution in [3.05, 3.63) is 42.4 Å². The maximum absolute atomic E-state index is 5.62. The molecule has 0 unspecified atom stereocenters. The Morgan fingerprint density at radius 3 is 2.59 bits per heavy atom. The highest BCUT2D eigenvalue weighted by atomic mass is 16.5. The molecule has 0 aliphatic carbocycles. The summed E-state index contributed by atoms with van der Waals surface area (Å²) in [6.07, 6.45) is 3.57. The summed E-state index contributed by atoms with van der Waals surface area (Å²) in [5, 5.41) is 12.2. The largest absolute Gasteiger partial charge is 0.495 e. The van der Waals surface area contributed by atoms with Crippen LogP contribution >= 0.6 is 0 Å². The van der Waals surface area contributed by atoms with Crippen molar-refractivity contribution >= 4 is 28.4 Å². The molecule has 0 bridgehead atoms. The van der Waals surface area contributed by atoms with Gasteiger partial charge in [-0.25, -0.2) is 19.6 Å². The number of aryl methyl sites for hydroxylation is 2. The molecule has 1 N–H and O–H groups in total. The lowest BCUT2D eigenvalue weighted by Gasteiger charge is -2.46. The zero-order valence-electron chi connectivity index (χ0n) is 18.9. The second-order valence-corrected chi connectivity index (χ2v) is 9.02. The molecular formula is C23H26N8O. The first-order chi connectivity index (χ1) is 15.3. The van der Waals surface area contributed by atoms with Gasteiger partial charge in [0.1, 0.15) is 11.3 Å². The lowest BCUT2D eigenvalue weighted by Crippen LogP contribution is -2.53. The van der Waals surface area contributed by atoms with Gasteiger partial charge in [0, 0.05) is 43.0 Å². The minimum absolute atomic E-state index is 0.296. The molecule has 9 heteroatoms. The third kappa shape index (κ3) is 3.59. The molecule has 0 atom stereocenters. The van der Waals surface area contributed by atoms with E-state index in [-0.39, 0.29) is 0 Å². The smallest absolute Gasteiger partial charge is 0.227 e. The number of ether oxygens (including phenoxy) is 1. The summed E-state index contributed by atoms with van der Waals surface area (Å²) in [7, 11) is 3.50. The first-order valence-electron chi connectivity index (χ1n) is 10.5. The van der Waals surface area contributed by atoms with E-state index in [0.717, 1.165) is 52.4 Å². The topological polar surface area (TPSA) is 93.9 Å². The Morgan fingerprint density at radius 2 is 1.91 bits per heavy atom. The van der Waals surface area contributed by atoms with Gasteiger partial charge in [-0.15, -0.1) is 5.10 Å². The summed E-state index contributed by atoms with van der Waals surface area (Å²) in [5.74, 6) is 2.09. The van der Waals surface area contributed by atoms with Gasteiger partial charge >= 0.3 is 0 Å². The van der Waals surface area contributed by atoms with Gasteiger partial charge in [0.05, 0.1) is 24.7 Å². The molecular weight excluding hydrogens is 404 g/mol. The summed E-state index contributed by atoms with van der Waals surface area (Å²) < 4.78 is 7.35. The van der Waals surface area contributed by atoms with Crippen LogP contribution in [0.5, 0.6) is 5.75 Å². The van der Waals surface area contributed by atoms with Crippen LogP contribution in [0.25, 0.3) is 22.2 Å². The van der Waals surface area contributed by atoms with Gasteiger partial charge in [0.2, 0.25) is 5.95 Å². The molecule has 1 aliphatic heterocycles. The van der Waals surface area contributed by atoms with E-state index in [0.29, 0.717) is 17.1 Å². The van der Waals surface area contributed by atoms with E-state index in [9.17, 15) is 0 Å². The van der Waals surface area contributed by atoms with Crippen LogP contribution in [0.2, 0.25) is 0 Å². The number of nitrogens with zero attached hydrogens (tertiary/aromatic N) is 7.